The third-order valence-corrected chi connectivity index (χ3v) is 6.75. The second kappa shape index (κ2) is 14.7. The number of nitrogens with zero attached hydrogens (tertiary/aromatic N) is 1. The molecule has 1 unspecified atom stereocenters. The summed E-state index contributed by atoms with van der Waals surface area (Å²) >= 11 is 0. The van der Waals surface area contributed by atoms with Crippen LogP contribution in [0.1, 0.15) is 71.1 Å². The van der Waals surface area contributed by atoms with Gasteiger partial charge in [0.1, 0.15) is 15.4 Å². The van der Waals surface area contributed by atoms with Gasteiger partial charge in [0.15, 0.2) is 0 Å². The minimum absolute atomic E-state index is 0. The third-order valence-electron chi connectivity index (χ3n) is 5.68. The number of hydrogen-bond acceptors (Lipinski definition) is 9. The molecule has 3 N–H and O–H groups in total. The van der Waals surface area contributed by atoms with E-state index >= 15 is 0 Å². The van der Waals surface area contributed by atoms with E-state index in [1.807, 2.05) is 6.92 Å². The van der Waals surface area contributed by atoms with Gasteiger partial charge in [-0.15, -0.1) is 5.06 Å². The Morgan fingerprint density at radius 2 is 1.71 bits per heavy atom. The SMILES string of the molecule is C[C@H]1NC(=O)N[C@H]1CCCCCC(=O)NCCCCCC(=O)ON1C(=O)CC(S(=O)(=O)[O-])C1=O.[Na+]. The Morgan fingerprint density at radius 1 is 1.06 bits per heavy atom. The Balaban J connectivity index is 0.00000612. The van der Waals surface area contributed by atoms with Gasteiger partial charge in [0, 0.05) is 25.4 Å². The molecule has 2 fully saturated rings. The van der Waals surface area contributed by atoms with E-state index in [4.69, 9.17) is 0 Å². The number of urea groups is 1. The van der Waals surface area contributed by atoms with Crippen LogP contribution in [0.3, 0.4) is 0 Å². The van der Waals surface area contributed by atoms with Gasteiger partial charge < -0.3 is 25.3 Å². The van der Waals surface area contributed by atoms with Gasteiger partial charge in [-0.2, -0.15) is 0 Å². The maximum Gasteiger partial charge on any atom is 1.00 e. The number of hydrogen-bond donors (Lipinski definition) is 3. The summed E-state index contributed by atoms with van der Waals surface area (Å²) in [4.78, 5) is 62.9. The summed E-state index contributed by atoms with van der Waals surface area (Å²) in [5, 5.41) is 6.44. The molecule has 192 valence electrons. The fourth-order valence-electron chi connectivity index (χ4n) is 3.73. The molecular weight excluding hydrogens is 495 g/mol. The van der Waals surface area contributed by atoms with Crippen LogP contribution in [-0.2, 0) is 34.1 Å². The van der Waals surface area contributed by atoms with E-state index in [0.717, 1.165) is 25.7 Å². The topological polar surface area (TPSA) is 191 Å². The Kier molecular flexibility index (Phi) is 13.2. The van der Waals surface area contributed by atoms with Gasteiger partial charge in [0.2, 0.25) is 5.91 Å². The van der Waals surface area contributed by atoms with Crippen molar-refractivity contribution < 1.29 is 71.3 Å². The van der Waals surface area contributed by atoms with Gasteiger partial charge in [-0.25, -0.2) is 18.0 Å². The van der Waals surface area contributed by atoms with E-state index in [0.29, 0.717) is 32.2 Å². The smallest absolute Gasteiger partial charge is 0.747 e. The first kappa shape index (κ1) is 31.3. The van der Waals surface area contributed by atoms with Crippen molar-refractivity contribution in [3.63, 3.8) is 0 Å². The van der Waals surface area contributed by atoms with E-state index in [1.54, 1.807) is 0 Å². The minimum Gasteiger partial charge on any atom is -0.747 e. The number of hydroxylamine groups is 2. The number of unbranched alkanes of at least 4 members (excludes halogenated alkanes) is 4. The largest absolute Gasteiger partial charge is 1.00 e. The van der Waals surface area contributed by atoms with E-state index < -0.39 is 39.6 Å². The quantitative estimate of drug-likeness (QED) is 0.0906. The van der Waals surface area contributed by atoms with Crippen molar-refractivity contribution in [1.82, 2.24) is 21.0 Å². The van der Waals surface area contributed by atoms with Crippen LogP contribution in [-0.4, -0.2) is 71.6 Å². The summed E-state index contributed by atoms with van der Waals surface area (Å²) in [5.74, 6) is -3.36. The van der Waals surface area contributed by atoms with Crippen LogP contribution in [0.4, 0.5) is 4.79 Å². The molecule has 3 atom stereocenters. The van der Waals surface area contributed by atoms with Crippen molar-refractivity contribution in [2.24, 2.45) is 0 Å². The molecule has 35 heavy (non-hydrogen) atoms. The standard InChI is InChI=1S/C20H32N4O9S.Na/c1-13-14(23-20(29)22-13)8-4-2-5-9-16(25)21-11-7-3-6-10-18(27)33-24-17(26)12-15(19(24)28)34(30,31)32;/h13-15H,2-12H2,1H3,(H,21,25)(H2,22,23,29)(H,30,31,32);/q;+1/p-1/t13-,14+,15?;/m1./s1. The van der Waals surface area contributed by atoms with Crippen molar-refractivity contribution in [3.8, 4) is 0 Å². The second-order valence-electron chi connectivity index (χ2n) is 8.45. The maximum absolute atomic E-state index is 11.9. The Morgan fingerprint density at radius 3 is 2.31 bits per heavy atom. The van der Waals surface area contributed by atoms with Crippen molar-refractivity contribution in [1.29, 1.82) is 0 Å². The van der Waals surface area contributed by atoms with Crippen LogP contribution in [0.25, 0.3) is 0 Å². The van der Waals surface area contributed by atoms with E-state index in [9.17, 15) is 36.9 Å². The molecule has 2 aliphatic heterocycles. The Labute approximate surface area is 226 Å². The van der Waals surface area contributed by atoms with Crippen molar-refractivity contribution in [2.75, 3.05) is 6.54 Å². The molecule has 0 aromatic rings. The number of carbonyl (C=O) groups excluding carboxylic acids is 5. The number of nitrogens with one attached hydrogen (secondary N) is 3. The first-order valence-electron chi connectivity index (χ1n) is 11.3. The molecule has 13 nitrogen and oxygen atoms in total. The molecule has 0 aromatic heterocycles. The van der Waals surface area contributed by atoms with Crippen LogP contribution in [0.5, 0.6) is 0 Å². The molecule has 0 bridgehead atoms. The molecule has 2 heterocycles. The zero-order valence-corrected chi connectivity index (χ0v) is 22.9. The number of amides is 5. The van der Waals surface area contributed by atoms with Crippen molar-refractivity contribution in [3.05, 3.63) is 0 Å². The van der Waals surface area contributed by atoms with Gasteiger partial charge in [-0.3, -0.25) is 14.4 Å². The Hall–Kier alpha value is -1.74. The third kappa shape index (κ3) is 10.4. The number of imide groups is 1. The molecule has 15 heteroatoms. The molecule has 0 aliphatic carbocycles. The Bertz CT molecular complexity index is 899. The van der Waals surface area contributed by atoms with Gasteiger partial charge in [-0.1, -0.05) is 19.3 Å². The molecule has 0 spiro atoms. The normalized spacial score (nSPS) is 21.8. The van der Waals surface area contributed by atoms with Crippen LogP contribution in [0, 0.1) is 0 Å². The van der Waals surface area contributed by atoms with Gasteiger partial charge in [0.05, 0.1) is 12.5 Å². The minimum atomic E-state index is -5.01. The molecular formula is C20H31N4NaO9S. The van der Waals surface area contributed by atoms with Crippen molar-refractivity contribution in [2.45, 2.75) is 88.5 Å². The molecule has 0 saturated carbocycles. The van der Waals surface area contributed by atoms with E-state index in [2.05, 4.69) is 20.8 Å². The van der Waals surface area contributed by atoms with E-state index in [1.165, 1.54) is 0 Å². The summed E-state index contributed by atoms with van der Waals surface area (Å²) in [5.41, 5.74) is 0. The molecule has 2 saturated heterocycles. The van der Waals surface area contributed by atoms with Crippen LogP contribution >= 0.6 is 0 Å². The average molecular weight is 527 g/mol. The monoisotopic (exact) mass is 526 g/mol. The first-order chi connectivity index (χ1) is 16.0. The molecule has 0 aromatic carbocycles. The predicted octanol–water partition coefficient (Wildman–Crippen LogP) is -3.18. The molecule has 2 rings (SSSR count). The molecule has 2 aliphatic rings. The zero-order valence-electron chi connectivity index (χ0n) is 20.0. The van der Waals surface area contributed by atoms with Gasteiger partial charge in [0.25, 0.3) is 11.8 Å². The summed E-state index contributed by atoms with van der Waals surface area (Å²) < 4.78 is 32.9. The van der Waals surface area contributed by atoms with Crippen molar-refractivity contribution >= 4 is 39.8 Å². The maximum atomic E-state index is 11.9. The summed E-state index contributed by atoms with van der Waals surface area (Å²) in [6.07, 6.45) is 4.44. The molecule has 5 amide bonds. The second-order valence-corrected chi connectivity index (χ2v) is 10.0. The van der Waals surface area contributed by atoms with Gasteiger partial charge >= 0.3 is 41.6 Å². The van der Waals surface area contributed by atoms with Crippen LogP contribution < -0.4 is 45.5 Å². The summed E-state index contributed by atoms with van der Waals surface area (Å²) in [6, 6.07) is 0.0934. The van der Waals surface area contributed by atoms with Crippen LogP contribution in [0.2, 0.25) is 0 Å². The van der Waals surface area contributed by atoms with Gasteiger partial charge in [-0.05, 0) is 32.6 Å². The van der Waals surface area contributed by atoms with E-state index in [-0.39, 0.29) is 65.1 Å². The zero-order chi connectivity index (χ0) is 25.3. The predicted molar refractivity (Wildman–Crippen MR) is 116 cm³/mol. The van der Waals surface area contributed by atoms with Crippen LogP contribution in [0.15, 0.2) is 0 Å². The average Bonchev–Trinajstić information content (AvgIpc) is 3.22. The molecule has 0 radical (unpaired) electrons. The fourth-order valence-corrected chi connectivity index (χ4v) is 4.42. The first-order valence-corrected chi connectivity index (χ1v) is 12.8. The summed E-state index contributed by atoms with van der Waals surface area (Å²) in [6.45, 7) is 2.39. The number of rotatable bonds is 14. The number of carbonyl (C=O) groups is 5. The summed E-state index contributed by atoms with van der Waals surface area (Å²) in [7, 11) is -5.01. The fraction of sp³-hybridized carbons (Fsp3) is 0.750.